The van der Waals surface area contributed by atoms with E-state index in [-0.39, 0.29) is 34.6 Å². The van der Waals surface area contributed by atoms with Crippen molar-refractivity contribution in [3.05, 3.63) is 77.6 Å². The maximum Gasteiger partial charge on any atom is 0.412 e. The molecule has 0 saturated heterocycles. The number of nitrogens with zero attached hydrogens (tertiary/aromatic N) is 3. The maximum absolute atomic E-state index is 15.0. The van der Waals surface area contributed by atoms with E-state index in [9.17, 15) is 18.4 Å². The first kappa shape index (κ1) is 24.4. The smallest absolute Gasteiger partial charge is 0.412 e. The van der Waals surface area contributed by atoms with E-state index in [2.05, 4.69) is 10.4 Å². The number of aromatic nitrogens is 2. The minimum atomic E-state index is -3.17. The second-order valence-electron chi connectivity index (χ2n) is 9.62. The molecule has 1 aromatic heterocycles. The molecule has 2 atom stereocenters. The molecule has 0 spiro atoms. The van der Waals surface area contributed by atoms with Crippen LogP contribution in [0.5, 0.6) is 0 Å². The van der Waals surface area contributed by atoms with Gasteiger partial charge in [0, 0.05) is 16.8 Å². The quantitative estimate of drug-likeness (QED) is 0.496. The highest BCUT2D eigenvalue weighted by Gasteiger charge is 2.40. The lowest BCUT2D eigenvalue weighted by Crippen LogP contribution is -2.49. The van der Waals surface area contributed by atoms with Crippen molar-refractivity contribution in [1.82, 2.24) is 9.78 Å². The van der Waals surface area contributed by atoms with Crippen molar-refractivity contribution in [2.75, 3.05) is 10.2 Å². The average molecular weight is 483 g/mol. The topological polar surface area (TPSA) is 76.5 Å². The zero-order chi connectivity index (χ0) is 25.5. The third-order valence-electron chi connectivity index (χ3n) is 5.99. The van der Waals surface area contributed by atoms with Crippen molar-refractivity contribution in [2.45, 2.75) is 58.2 Å². The molecule has 2 heterocycles. The van der Waals surface area contributed by atoms with Gasteiger partial charge < -0.3 is 9.64 Å². The Morgan fingerprint density at radius 3 is 2.17 bits per heavy atom. The van der Waals surface area contributed by atoms with Gasteiger partial charge in [-0.1, -0.05) is 42.5 Å². The molecule has 4 rings (SSSR count). The molecule has 0 saturated carbocycles. The number of fused-ring (bicyclic) bond motifs is 1. The van der Waals surface area contributed by atoms with Gasteiger partial charge in [-0.15, -0.1) is 0 Å². The van der Waals surface area contributed by atoms with E-state index in [1.165, 1.54) is 47.5 Å². The van der Waals surface area contributed by atoms with E-state index >= 15 is 0 Å². The Morgan fingerprint density at radius 2 is 1.57 bits per heavy atom. The molecular formula is C26H28F2N4O3. The van der Waals surface area contributed by atoms with Gasteiger partial charge in [0.2, 0.25) is 0 Å². The standard InChI is InChI=1S/C26H28F2N4O3/c1-16-17(2)32-22(21(15-29-32)30-24(34)35-25(3,4)5)23(33)31(16)20-13-11-19(12-14-20)26(27,28)18-9-7-6-8-10-18/h6-17H,1-5H3,(H,30,34)/t16-,17-/m0/s1. The van der Waals surface area contributed by atoms with Crippen LogP contribution < -0.4 is 10.2 Å². The van der Waals surface area contributed by atoms with Crippen LogP contribution >= 0.6 is 0 Å². The van der Waals surface area contributed by atoms with Crippen LogP contribution in [-0.4, -0.2) is 33.4 Å². The fourth-order valence-electron chi connectivity index (χ4n) is 4.11. The number of alkyl halides is 2. The second kappa shape index (κ2) is 8.79. The minimum absolute atomic E-state index is 0.106. The normalized spacial score (nSPS) is 18.3. The summed E-state index contributed by atoms with van der Waals surface area (Å²) in [6, 6.07) is 12.7. The van der Waals surface area contributed by atoms with Crippen LogP contribution in [0.2, 0.25) is 0 Å². The van der Waals surface area contributed by atoms with Crippen LogP contribution in [0, 0.1) is 0 Å². The predicted octanol–water partition coefficient (Wildman–Crippen LogP) is 5.98. The maximum atomic E-state index is 15.0. The number of benzene rings is 2. The molecule has 0 radical (unpaired) electrons. The Labute approximate surface area is 202 Å². The third-order valence-corrected chi connectivity index (χ3v) is 5.99. The van der Waals surface area contributed by atoms with Gasteiger partial charge in [-0.25, -0.2) is 4.79 Å². The summed E-state index contributed by atoms with van der Waals surface area (Å²) in [4.78, 5) is 27.4. The van der Waals surface area contributed by atoms with Gasteiger partial charge in [-0.3, -0.25) is 14.8 Å². The van der Waals surface area contributed by atoms with E-state index in [1.807, 2.05) is 13.8 Å². The summed E-state index contributed by atoms with van der Waals surface area (Å²) in [7, 11) is 0. The van der Waals surface area contributed by atoms with Crippen molar-refractivity contribution < 1.29 is 23.1 Å². The fourth-order valence-corrected chi connectivity index (χ4v) is 4.11. The van der Waals surface area contributed by atoms with E-state index in [0.717, 1.165) is 0 Å². The van der Waals surface area contributed by atoms with E-state index in [0.29, 0.717) is 5.69 Å². The molecule has 184 valence electrons. The molecule has 0 aliphatic carbocycles. The van der Waals surface area contributed by atoms with Crippen LogP contribution in [0.25, 0.3) is 0 Å². The Morgan fingerprint density at radius 1 is 0.971 bits per heavy atom. The molecule has 0 fully saturated rings. The van der Waals surface area contributed by atoms with Crippen molar-refractivity contribution in [3.8, 4) is 0 Å². The van der Waals surface area contributed by atoms with Crippen molar-refractivity contribution in [2.24, 2.45) is 0 Å². The molecule has 0 unspecified atom stereocenters. The number of carbonyl (C=O) groups is 2. The fraction of sp³-hybridized carbons (Fsp3) is 0.346. The van der Waals surface area contributed by atoms with Gasteiger partial charge in [-0.05, 0) is 46.8 Å². The van der Waals surface area contributed by atoms with Gasteiger partial charge >= 0.3 is 6.09 Å². The monoisotopic (exact) mass is 482 g/mol. The molecule has 7 nitrogen and oxygen atoms in total. The van der Waals surface area contributed by atoms with Crippen LogP contribution in [0.4, 0.5) is 25.0 Å². The Hall–Kier alpha value is -3.75. The Balaban J connectivity index is 1.64. The molecule has 1 aliphatic heterocycles. The van der Waals surface area contributed by atoms with Crippen molar-refractivity contribution in [3.63, 3.8) is 0 Å². The minimum Gasteiger partial charge on any atom is -0.444 e. The van der Waals surface area contributed by atoms with Gasteiger partial charge in [-0.2, -0.15) is 13.9 Å². The summed E-state index contributed by atoms with van der Waals surface area (Å²) in [5, 5.41) is 6.90. The molecule has 35 heavy (non-hydrogen) atoms. The average Bonchev–Trinajstić information content (AvgIpc) is 3.21. The zero-order valence-electron chi connectivity index (χ0n) is 20.3. The summed E-state index contributed by atoms with van der Waals surface area (Å²) < 4.78 is 36.8. The summed E-state index contributed by atoms with van der Waals surface area (Å²) in [6.45, 7) is 8.97. The number of amides is 2. The number of ether oxygens (including phenoxy) is 1. The summed E-state index contributed by atoms with van der Waals surface area (Å²) >= 11 is 0. The number of rotatable bonds is 4. The van der Waals surface area contributed by atoms with Crippen LogP contribution in [0.15, 0.2) is 60.8 Å². The van der Waals surface area contributed by atoms with Crippen LogP contribution in [-0.2, 0) is 10.7 Å². The van der Waals surface area contributed by atoms with E-state index in [1.54, 1.807) is 43.7 Å². The number of halogens is 2. The van der Waals surface area contributed by atoms with Crippen LogP contribution in [0.1, 0.15) is 62.3 Å². The van der Waals surface area contributed by atoms with Crippen molar-refractivity contribution in [1.29, 1.82) is 0 Å². The van der Waals surface area contributed by atoms with E-state index in [4.69, 9.17) is 4.74 Å². The van der Waals surface area contributed by atoms with Crippen LogP contribution in [0.3, 0.4) is 0 Å². The molecule has 0 bridgehead atoms. The first-order valence-corrected chi connectivity index (χ1v) is 11.3. The van der Waals surface area contributed by atoms with Crippen molar-refractivity contribution >= 4 is 23.4 Å². The van der Waals surface area contributed by atoms with Gasteiger partial charge in [0.1, 0.15) is 5.60 Å². The highest BCUT2D eigenvalue weighted by Crippen LogP contribution is 2.38. The molecular weight excluding hydrogens is 454 g/mol. The summed E-state index contributed by atoms with van der Waals surface area (Å²) in [6.07, 6.45) is 0.708. The number of hydrogen-bond acceptors (Lipinski definition) is 4. The Kier molecular flexibility index (Phi) is 6.12. The molecule has 2 aromatic carbocycles. The number of carbonyl (C=O) groups excluding carboxylic acids is 2. The number of hydrogen-bond donors (Lipinski definition) is 1. The lowest BCUT2D eigenvalue weighted by atomic mass is 9.99. The second-order valence-corrected chi connectivity index (χ2v) is 9.62. The number of anilines is 2. The van der Waals surface area contributed by atoms with Gasteiger partial charge in [0.15, 0.2) is 5.69 Å². The molecule has 3 aromatic rings. The summed E-state index contributed by atoms with van der Waals surface area (Å²) in [5.74, 6) is -3.57. The van der Waals surface area contributed by atoms with Gasteiger partial charge in [0.25, 0.3) is 11.8 Å². The zero-order valence-corrected chi connectivity index (χ0v) is 20.3. The SMILES string of the molecule is C[C@H]1[C@H](C)n2ncc(NC(=O)OC(C)(C)C)c2C(=O)N1c1ccc(C(F)(F)c2ccccc2)cc1. The number of nitrogens with one attached hydrogen (secondary N) is 1. The Bertz CT molecular complexity index is 1230. The largest absolute Gasteiger partial charge is 0.444 e. The molecule has 1 aliphatic rings. The highest BCUT2D eigenvalue weighted by molar-refractivity contribution is 6.11. The third kappa shape index (κ3) is 4.62. The molecule has 9 heteroatoms. The predicted molar refractivity (Wildman–Crippen MR) is 129 cm³/mol. The lowest BCUT2D eigenvalue weighted by Gasteiger charge is -2.38. The highest BCUT2D eigenvalue weighted by atomic mass is 19.3. The first-order valence-electron chi connectivity index (χ1n) is 11.3. The van der Waals surface area contributed by atoms with Gasteiger partial charge in [0.05, 0.1) is 24.0 Å². The first-order chi connectivity index (χ1) is 16.4. The molecule has 2 amide bonds. The lowest BCUT2D eigenvalue weighted by molar-refractivity contribution is 0.0428. The summed E-state index contributed by atoms with van der Waals surface area (Å²) in [5.41, 5.74) is -0.0999. The van der Waals surface area contributed by atoms with E-state index < -0.39 is 23.5 Å². The molecule has 1 N–H and O–H groups in total.